The SMILES string of the molecule is CCCOc1cn(Cc2ccccc2)c(=O)o1. The maximum Gasteiger partial charge on any atom is 0.422 e. The Morgan fingerprint density at radius 2 is 2.06 bits per heavy atom. The largest absolute Gasteiger partial charge is 0.464 e. The molecular formula is C13H15NO3. The number of hydrogen-bond donors (Lipinski definition) is 0. The van der Waals surface area contributed by atoms with E-state index in [0.29, 0.717) is 13.2 Å². The lowest BCUT2D eigenvalue weighted by Crippen LogP contribution is -2.13. The van der Waals surface area contributed by atoms with Crippen molar-refractivity contribution in [1.29, 1.82) is 0 Å². The second kappa shape index (κ2) is 5.39. The van der Waals surface area contributed by atoms with E-state index in [2.05, 4.69) is 0 Å². The van der Waals surface area contributed by atoms with Crippen LogP contribution in [0.2, 0.25) is 0 Å². The van der Waals surface area contributed by atoms with Gasteiger partial charge >= 0.3 is 11.7 Å². The highest BCUT2D eigenvalue weighted by Crippen LogP contribution is 2.09. The molecule has 0 saturated carbocycles. The minimum atomic E-state index is -0.389. The van der Waals surface area contributed by atoms with Gasteiger partial charge in [0.2, 0.25) is 0 Å². The quantitative estimate of drug-likeness (QED) is 0.795. The fourth-order valence-electron chi connectivity index (χ4n) is 1.51. The Labute approximate surface area is 99.4 Å². The standard InChI is InChI=1S/C13H15NO3/c1-2-8-16-12-10-14(13(15)17-12)9-11-6-4-3-5-7-11/h3-7,10H,2,8-9H2,1H3. The van der Waals surface area contributed by atoms with Gasteiger partial charge in [0.25, 0.3) is 0 Å². The van der Waals surface area contributed by atoms with E-state index in [-0.39, 0.29) is 11.7 Å². The lowest BCUT2D eigenvalue weighted by atomic mass is 10.2. The third-order valence-corrected chi connectivity index (χ3v) is 2.33. The summed E-state index contributed by atoms with van der Waals surface area (Å²) in [5.41, 5.74) is 1.05. The molecule has 0 atom stereocenters. The molecule has 4 nitrogen and oxygen atoms in total. The predicted molar refractivity (Wildman–Crippen MR) is 64.3 cm³/mol. The van der Waals surface area contributed by atoms with Gasteiger partial charge in [0.05, 0.1) is 19.3 Å². The van der Waals surface area contributed by atoms with Gasteiger partial charge in [-0.25, -0.2) is 4.79 Å². The molecule has 0 aliphatic carbocycles. The van der Waals surface area contributed by atoms with Crippen molar-refractivity contribution in [3.8, 4) is 5.95 Å². The average molecular weight is 233 g/mol. The third-order valence-electron chi connectivity index (χ3n) is 2.33. The molecular weight excluding hydrogens is 218 g/mol. The first-order chi connectivity index (χ1) is 8.29. The maximum atomic E-state index is 11.5. The molecule has 0 aliphatic heterocycles. The van der Waals surface area contributed by atoms with Gasteiger partial charge in [0.1, 0.15) is 0 Å². The van der Waals surface area contributed by atoms with Crippen LogP contribution >= 0.6 is 0 Å². The van der Waals surface area contributed by atoms with E-state index in [9.17, 15) is 4.79 Å². The highest BCUT2D eigenvalue weighted by Gasteiger charge is 2.06. The molecule has 2 aromatic rings. The molecule has 0 saturated heterocycles. The minimum Gasteiger partial charge on any atom is -0.464 e. The number of rotatable bonds is 5. The smallest absolute Gasteiger partial charge is 0.422 e. The van der Waals surface area contributed by atoms with Crippen LogP contribution in [0.1, 0.15) is 18.9 Å². The van der Waals surface area contributed by atoms with E-state index in [1.165, 1.54) is 4.57 Å². The maximum absolute atomic E-state index is 11.5. The molecule has 17 heavy (non-hydrogen) atoms. The van der Waals surface area contributed by atoms with E-state index in [4.69, 9.17) is 9.15 Å². The van der Waals surface area contributed by atoms with E-state index in [0.717, 1.165) is 12.0 Å². The van der Waals surface area contributed by atoms with Crippen molar-refractivity contribution in [2.45, 2.75) is 19.9 Å². The minimum absolute atomic E-state index is 0.285. The summed E-state index contributed by atoms with van der Waals surface area (Å²) in [5, 5.41) is 0. The van der Waals surface area contributed by atoms with Gasteiger partial charge in [-0.05, 0) is 12.0 Å². The lowest BCUT2D eigenvalue weighted by Gasteiger charge is -1.99. The van der Waals surface area contributed by atoms with Gasteiger partial charge < -0.3 is 9.15 Å². The van der Waals surface area contributed by atoms with Crippen molar-refractivity contribution in [3.63, 3.8) is 0 Å². The Morgan fingerprint density at radius 1 is 1.29 bits per heavy atom. The summed E-state index contributed by atoms with van der Waals surface area (Å²) in [5.74, 6) is -0.104. The fourth-order valence-corrected chi connectivity index (χ4v) is 1.51. The number of ether oxygens (including phenoxy) is 1. The Balaban J connectivity index is 2.11. The summed E-state index contributed by atoms with van der Waals surface area (Å²) in [4.78, 5) is 11.5. The first-order valence-corrected chi connectivity index (χ1v) is 5.66. The Kier molecular flexibility index (Phi) is 3.65. The van der Waals surface area contributed by atoms with E-state index in [1.54, 1.807) is 6.20 Å². The Hall–Kier alpha value is -1.97. The number of nitrogens with zero attached hydrogens (tertiary/aromatic N) is 1. The van der Waals surface area contributed by atoms with Crippen molar-refractivity contribution < 1.29 is 9.15 Å². The molecule has 0 N–H and O–H groups in total. The summed E-state index contributed by atoms with van der Waals surface area (Å²) >= 11 is 0. The zero-order valence-corrected chi connectivity index (χ0v) is 9.76. The Morgan fingerprint density at radius 3 is 2.76 bits per heavy atom. The van der Waals surface area contributed by atoms with E-state index >= 15 is 0 Å². The highest BCUT2D eigenvalue weighted by molar-refractivity contribution is 5.15. The van der Waals surface area contributed by atoms with Crippen LogP contribution in [-0.4, -0.2) is 11.2 Å². The van der Waals surface area contributed by atoms with Crippen molar-refractivity contribution in [1.82, 2.24) is 4.57 Å². The van der Waals surface area contributed by atoms with Gasteiger partial charge in [-0.2, -0.15) is 0 Å². The molecule has 0 bridgehead atoms. The van der Waals surface area contributed by atoms with Crippen molar-refractivity contribution in [2.75, 3.05) is 6.61 Å². The van der Waals surface area contributed by atoms with Gasteiger partial charge in [0, 0.05) is 0 Å². The average Bonchev–Trinajstić information content (AvgIpc) is 2.69. The predicted octanol–water partition coefficient (Wildman–Crippen LogP) is 2.28. The zero-order valence-electron chi connectivity index (χ0n) is 9.76. The molecule has 1 aromatic heterocycles. The van der Waals surface area contributed by atoms with Gasteiger partial charge in [0.15, 0.2) is 0 Å². The molecule has 0 aliphatic rings. The zero-order chi connectivity index (χ0) is 12.1. The highest BCUT2D eigenvalue weighted by atomic mass is 16.6. The van der Waals surface area contributed by atoms with Crippen LogP contribution < -0.4 is 10.5 Å². The monoisotopic (exact) mass is 233 g/mol. The van der Waals surface area contributed by atoms with Crippen LogP contribution in [0.3, 0.4) is 0 Å². The van der Waals surface area contributed by atoms with Gasteiger partial charge in [-0.15, -0.1) is 0 Å². The molecule has 2 rings (SSSR count). The van der Waals surface area contributed by atoms with Crippen molar-refractivity contribution >= 4 is 0 Å². The lowest BCUT2D eigenvalue weighted by molar-refractivity contribution is 0.236. The van der Waals surface area contributed by atoms with Gasteiger partial charge in [-0.1, -0.05) is 37.3 Å². The van der Waals surface area contributed by atoms with Crippen LogP contribution in [0.15, 0.2) is 45.7 Å². The molecule has 1 aromatic carbocycles. The molecule has 0 unspecified atom stereocenters. The van der Waals surface area contributed by atoms with Crippen LogP contribution in [0.5, 0.6) is 5.95 Å². The molecule has 0 amide bonds. The summed E-state index contributed by atoms with van der Waals surface area (Å²) in [7, 11) is 0. The second-order valence-electron chi connectivity index (χ2n) is 3.78. The molecule has 4 heteroatoms. The summed E-state index contributed by atoms with van der Waals surface area (Å²) in [6.07, 6.45) is 2.48. The molecule has 90 valence electrons. The molecule has 0 radical (unpaired) electrons. The Bertz CT molecular complexity index is 513. The molecule has 0 spiro atoms. The topological polar surface area (TPSA) is 44.4 Å². The van der Waals surface area contributed by atoms with E-state index < -0.39 is 0 Å². The van der Waals surface area contributed by atoms with Crippen molar-refractivity contribution in [2.24, 2.45) is 0 Å². The van der Waals surface area contributed by atoms with Gasteiger partial charge in [-0.3, -0.25) is 4.57 Å². The first-order valence-electron chi connectivity index (χ1n) is 5.66. The second-order valence-corrected chi connectivity index (χ2v) is 3.78. The van der Waals surface area contributed by atoms with Crippen LogP contribution in [-0.2, 0) is 6.54 Å². The molecule has 1 heterocycles. The molecule has 0 fully saturated rings. The summed E-state index contributed by atoms with van der Waals surface area (Å²) in [6.45, 7) is 3.05. The van der Waals surface area contributed by atoms with Crippen molar-refractivity contribution in [3.05, 3.63) is 52.6 Å². The van der Waals surface area contributed by atoms with Crippen LogP contribution in [0.25, 0.3) is 0 Å². The van der Waals surface area contributed by atoms with Crippen LogP contribution in [0.4, 0.5) is 0 Å². The number of oxazole rings is 1. The first kappa shape index (κ1) is 11.5. The van der Waals surface area contributed by atoms with Crippen LogP contribution in [0, 0.1) is 0 Å². The normalized spacial score (nSPS) is 10.4. The number of hydrogen-bond acceptors (Lipinski definition) is 3. The number of benzene rings is 1. The number of aromatic nitrogens is 1. The summed E-state index contributed by atoms with van der Waals surface area (Å²) < 4.78 is 11.7. The third kappa shape index (κ3) is 3.00. The summed E-state index contributed by atoms with van der Waals surface area (Å²) in [6, 6.07) is 9.75. The van der Waals surface area contributed by atoms with E-state index in [1.807, 2.05) is 37.3 Å². The fraction of sp³-hybridized carbons (Fsp3) is 0.308.